The zero-order valence-electron chi connectivity index (χ0n) is 8.20. The van der Waals surface area contributed by atoms with Crippen LogP contribution < -0.4 is 11.1 Å². The largest absolute Gasteiger partial charge is 0.480 e. The Balaban J connectivity index is 4.22. The molecular formula is C8H13ClN2O4. The fourth-order valence-corrected chi connectivity index (χ4v) is 0.894. The van der Waals surface area contributed by atoms with Gasteiger partial charge in [-0.05, 0) is 13.3 Å². The van der Waals surface area contributed by atoms with Gasteiger partial charge in [-0.2, -0.15) is 0 Å². The molecule has 0 aliphatic heterocycles. The number of rotatable bonds is 6. The number of carbonyl (C=O) groups excluding carboxylic acids is 2. The van der Waals surface area contributed by atoms with Gasteiger partial charge < -0.3 is 16.2 Å². The first kappa shape index (κ1) is 13.7. The molecule has 4 N–H and O–H groups in total. The number of halogens is 1. The first-order valence-corrected chi connectivity index (χ1v) is 4.73. The van der Waals surface area contributed by atoms with Gasteiger partial charge in [0.15, 0.2) is 0 Å². The lowest BCUT2D eigenvalue weighted by Gasteiger charge is -2.14. The molecule has 0 saturated heterocycles. The smallest absolute Gasteiger partial charge is 0.326 e. The summed E-state index contributed by atoms with van der Waals surface area (Å²) >= 11 is 5.44. The zero-order valence-corrected chi connectivity index (χ0v) is 8.95. The van der Waals surface area contributed by atoms with E-state index < -0.39 is 29.2 Å². The van der Waals surface area contributed by atoms with Crippen LogP contribution >= 0.6 is 11.6 Å². The van der Waals surface area contributed by atoms with E-state index in [9.17, 15) is 14.4 Å². The van der Waals surface area contributed by atoms with Gasteiger partial charge in [0, 0.05) is 6.42 Å². The van der Waals surface area contributed by atoms with Crippen molar-refractivity contribution in [3.8, 4) is 0 Å². The van der Waals surface area contributed by atoms with Crippen LogP contribution in [0.2, 0.25) is 0 Å². The molecule has 86 valence electrons. The molecule has 15 heavy (non-hydrogen) atoms. The maximum Gasteiger partial charge on any atom is 0.326 e. The lowest BCUT2D eigenvalue weighted by atomic mass is 10.1. The molecule has 0 aromatic heterocycles. The van der Waals surface area contributed by atoms with Crippen molar-refractivity contribution in [3.63, 3.8) is 0 Å². The van der Waals surface area contributed by atoms with Crippen LogP contribution in [0.4, 0.5) is 0 Å². The highest BCUT2D eigenvalue weighted by Gasteiger charge is 2.22. The molecule has 0 bridgehead atoms. The highest BCUT2D eigenvalue weighted by molar-refractivity contribution is 6.30. The maximum atomic E-state index is 11.1. The van der Waals surface area contributed by atoms with Crippen LogP contribution in [-0.4, -0.2) is 34.3 Å². The molecule has 1 unspecified atom stereocenters. The second-order valence-corrected chi connectivity index (χ2v) is 3.68. The van der Waals surface area contributed by atoms with Crippen LogP contribution in [0.3, 0.4) is 0 Å². The number of primary amides is 1. The molecule has 0 aliphatic rings. The van der Waals surface area contributed by atoms with Crippen molar-refractivity contribution in [2.24, 2.45) is 5.73 Å². The van der Waals surface area contributed by atoms with Gasteiger partial charge in [0.25, 0.3) is 0 Å². The SMILES string of the molecule is CC(Cl)C(=O)N[C@H](CCC(N)=O)C(=O)O. The maximum absolute atomic E-state index is 11.1. The predicted molar refractivity (Wildman–Crippen MR) is 53.3 cm³/mol. The van der Waals surface area contributed by atoms with Gasteiger partial charge in [-0.1, -0.05) is 0 Å². The Kier molecular flexibility index (Phi) is 5.69. The second-order valence-electron chi connectivity index (χ2n) is 3.02. The summed E-state index contributed by atoms with van der Waals surface area (Å²) in [5, 5.41) is 10.1. The minimum Gasteiger partial charge on any atom is -0.480 e. The molecular weight excluding hydrogens is 224 g/mol. The minimum absolute atomic E-state index is 0.0417. The average Bonchev–Trinajstić information content (AvgIpc) is 2.10. The lowest BCUT2D eigenvalue weighted by molar-refractivity contribution is -0.142. The first-order valence-electron chi connectivity index (χ1n) is 4.30. The van der Waals surface area contributed by atoms with Crippen LogP contribution in [0.1, 0.15) is 19.8 Å². The van der Waals surface area contributed by atoms with Crippen molar-refractivity contribution < 1.29 is 19.5 Å². The summed E-state index contributed by atoms with van der Waals surface area (Å²) in [6.45, 7) is 1.42. The highest BCUT2D eigenvalue weighted by atomic mass is 35.5. The lowest BCUT2D eigenvalue weighted by Crippen LogP contribution is -2.44. The number of carboxylic acids is 1. The van der Waals surface area contributed by atoms with E-state index >= 15 is 0 Å². The average molecular weight is 237 g/mol. The Morgan fingerprint density at radius 2 is 2.00 bits per heavy atom. The van der Waals surface area contributed by atoms with E-state index in [2.05, 4.69) is 5.32 Å². The summed E-state index contributed by atoms with van der Waals surface area (Å²) < 4.78 is 0. The van der Waals surface area contributed by atoms with Crippen LogP contribution in [0.25, 0.3) is 0 Å². The van der Waals surface area contributed by atoms with Crippen LogP contribution in [-0.2, 0) is 14.4 Å². The van der Waals surface area contributed by atoms with Crippen molar-refractivity contribution in [3.05, 3.63) is 0 Å². The summed E-state index contributed by atoms with van der Waals surface area (Å²) in [4.78, 5) is 32.2. The number of carboxylic acid groups (broad SMARTS) is 1. The van der Waals surface area contributed by atoms with E-state index in [4.69, 9.17) is 22.4 Å². The Morgan fingerprint density at radius 3 is 2.33 bits per heavy atom. The zero-order chi connectivity index (χ0) is 12.0. The number of amides is 2. The number of nitrogens with two attached hydrogens (primary N) is 1. The Morgan fingerprint density at radius 1 is 1.47 bits per heavy atom. The molecule has 0 aromatic carbocycles. The van der Waals surface area contributed by atoms with E-state index in [1.54, 1.807) is 0 Å². The Bertz CT molecular complexity index is 267. The van der Waals surface area contributed by atoms with E-state index in [1.165, 1.54) is 6.92 Å². The number of carbonyl (C=O) groups is 3. The summed E-state index contributed by atoms with van der Waals surface area (Å²) in [6, 6.07) is -1.13. The van der Waals surface area contributed by atoms with Gasteiger partial charge in [-0.25, -0.2) is 4.79 Å². The van der Waals surface area contributed by atoms with Crippen LogP contribution in [0.5, 0.6) is 0 Å². The predicted octanol–water partition coefficient (Wildman–Crippen LogP) is -0.551. The molecule has 7 heteroatoms. The quantitative estimate of drug-likeness (QED) is 0.538. The van der Waals surface area contributed by atoms with Gasteiger partial charge in [0.2, 0.25) is 11.8 Å². The number of aliphatic carboxylic acids is 1. The second kappa shape index (κ2) is 6.23. The molecule has 0 aromatic rings. The molecule has 0 heterocycles. The molecule has 0 aliphatic carbocycles. The first-order chi connectivity index (χ1) is 6.84. The third-order valence-corrected chi connectivity index (χ3v) is 1.85. The number of nitrogens with one attached hydrogen (secondary N) is 1. The van der Waals surface area contributed by atoms with Gasteiger partial charge in [0.05, 0.1) is 0 Å². The molecule has 6 nitrogen and oxygen atoms in total. The van der Waals surface area contributed by atoms with E-state index in [-0.39, 0.29) is 12.8 Å². The molecule has 0 saturated carbocycles. The summed E-state index contributed by atoms with van der Waals surface area (Å²) in [7, 11) is 0. The normalized spacial score (nSPS) is 14.0. The van der Waals surface area contributed by atoms with E-state index in [1.807, 2.05) is 0 Å². The van der Waals surface area contributed by atoms with Crippen molar-refractivity contribution in [2.75, 3.05) is 0 Å². The summed E-state index contributed by atoms with van der Waals surface area (Å²) in [5.41, 5.74) is 4.86. The topological polar surface area (TPSA) is 109 Å². The Hall–Kier alpha value is -1.30. The van der Waals surface area contributed by atoms with Crippen LogP contribution in [0.15, 0.2) is 0 Å². The number of hydrogen-bond donors (Lipinski definition) is 3. The van der Waals surface area contributed by atoms with E-state index in [0.717, 1.165) is 0 Å². The van der Waals surface area contributed by atoms with Gasteiger partial charge in [-0.15, -0.1) is 11.6 Å². The highest BCUT2D eigenvalue weighted by Crippen LogP contribution is 2.00. The van der Waals surface area contributed by atoms with Gasteiger partial charge in [-0.3, -0.25) is 9.59 Å². The van der Waals surface area contributed by atoms with Crippen molar-refractivity contribution >= 4 is 29.4 Å². The third kappa shape index (κ3) is 5.90. The summed E-state index contributed by atoms with van der Waals surface area (Å²) in [5.74, 6) is -2.43. The number of hydrogen-bond acceptors (Lipinski definition) is 3. The van der Waals surface area contributed by atoms with E-state index in [0.29, 0.717) is 0 Å². The fourth-order valence-electron chi connectivity index (χ4n) is 0.831. The molecule has 0 fully saturated rings. The van der Waals surface area contributed by atoms with Gasteiger partial charge >= 0.3 is 5.97 Å². The molecule has 2 amide bonds. The third-order valence-electron chi connectivity index (χ3n) is 1.66. The Labute approximate surface area is 91.8 Å². The van der Waals surface area contributed by atoms with Crippen LogP contribution in [0, 0.1) is 0 Å². The van der Waals surface area contributed by atoms with Gasteiger partial charge in [0.1, 0.15) is 11.4 Å². The molecule has 0 spiro atoms. The fraction of sp³-hybridized carbons (Fsp3) is 0.625. The van der Waals surface area contributed by atoms with Crippen molar-refractivity contribution in [2.45, 2.75) is 31.2 Å². The summed E-state index contributed by atoms with van der Waals surface area (Å²) in [6.07, 6.45) is -0.145. The minimum atomic E-state index is -1.22. The standard InChI is InChI=1S/C8H13ClN2O4/c1-4(9)7(13)11-5(8(14)15)2-3-6(10)12/h4-5H,2-3H2,1H3,(H2,10,12)(H,11,13)(H,14,15)/t4?,5-/m1/s1. The molecule has 0 radical (unpaired) electrons. The molecule has 0 rings (SSSR count). The molecule has 2 atom stereocenters. The van der Waals surface area contributed by atoms with Crippen molar-refractivity contribution in [1.82, 2.24) is 5.32 Å². The monoisotopic (exact) mass is 236 g/mol. The van der Waals surface area contributed by atoms with Crippen molar-refractivity contribution in [1.29, 1.82) is 0 Å². The number of alkyl halides is 1.